The smallest absolute Gasteiger partial charge is 0.317 e. The van der Waals surface area contributed by atoms with Gasteiger partial charge in [-0.2, -0.15) is 5.26 Å². The summed E-state index contributed by atoms with van der Waals surface area (Å²) < 4.78 is 0. The molecule has 0 radical (unpaired) electrons. The van der Waals surface area contributed by atoms with E-state index in [-0.39, 0.29) is 0 Å². The summed E-state index contributed by atoms with van der Waals surface area (Å²) >= 11 is 1.20. The van der Waals surface area contributed by atoms with Gasteiger partial charge in [-0.05, 0) is 18.6 Å². The standard InChI is InChI=1S/C10H10N2O2S/c1-2-8(10(13)14)15-9-4-3-7(5-11)6-12-9/h3-4,6,8H,2H2,1H3,(H,13,14). The molecule has 0 aliphatic carbocycles. The summed E-state index contributed by atoms with van der Waals surface area (Å²) in [5, 5.41) is 17.5. The van der Waals surface area contributed by atoms with Crippen LogP contribution in [0.4, 0.5) is 0 Å². The van der Waals surface area contributed by atoms with Crippen molar-refractivity contribution in [2.24, 2.45) is 0 Å². The third-order valence-electron chi connectivity index (χ3n) is 1.77. The van der Waals surface area contributed by atoms with E-state index in [0.717, 1.165) is 0 Å². The zero-order chi connectivity index (χ0) is 11.3. The lowest BCUT2D eigenvalue weighted by Crippen LogP contribution is -2.14. The zero-order valence-corrected chi connectivity index (χ0v) is 8.99. The van der Waals surface area contributed by atoms with Crippen molar-refractivity contribution in [1.29, 1.82) is 5.26 Å². The molecule has 0 bridgehead atoms. The highest BCUT2D eigenvalue weighted by Gasteiger charge is 2.16. The number of carbonyl (C=O) groups is 1. The number of rotatable bonds is 4. The van der Waals surface area contributed by atoms with Crippen molar-refractivity contribution in [2.45, 2.75) is 23.6 Å². The SMILES string of the molecule is CCC(Sc1ccc(C#N)cn1)C(=O)O. The van der Waals surface area contributed by atoms with E-state index in [4.69, 9.17) is 10.4 Å². The highest BCUT2D eigenvalue weighted by molar-refractivity contribution is 8.00. The van der Waals surface area contributed by atoms with Crippen molar-refractivity contribution >= 4 is 17.7 Å². The average Bonchev–Trinajstić information content (AvgIpc) is 2.26. The Kier molecular flexibility index (Phi) is 4.13. The second-order valence-electron chi connectivity index (χ2n) is 2.85. The Morgan fingerprint density at radius 2 is 2.47 bits per heavy atom. The van der Waals surface area contributed by atoms with Crippen LogP contribution in [0.2, 0.25) is 0 Å². The minimum Gasteiger partial charge on any atom is -0.480 e. The highest BCUT2D eigenvalue weighted by atomic mass is 32.2. The molecule has 0 aliphatic heterocycles. The fourth-order valence-corrected chi connectivity index (χ4v) is 1.79. The number of pyridine rings is 1. The third-order valence-corrected chi connectivity index (χ3v) is 3.08. The Labute approximate surface area is 91.9 Å². The normalized spacial score (nSPS) is 11.7. The van der Waals surface area contributed by atoms with Crippen LogP contribution in [0.1, 0.15) is 18.9 Å². The van der Waals surface area contributed by atoms with Crippen LogP contribution in [0.15, 0.2) is 23.4 Å². The van der Waals surface area contributed by atoms with Gasteiger partial charge in [0, 0.05) is 6.20 Å². The minimum atomic E-state index is -0.839. The first-order chi connectivity index (χ1) is 7.17. The predicted molar refractivity (Wildman–Crippen MR) is 56.5 cm³/mol. The van der Waals surface area contributed by atoms with Crippen molar-refractivity contribution in [3.05, 3.63) is 23.9 Å². The van der Waals surface area contributed by atoms with Crippen LogP contribution in [-0.4, -0.2) is 21.3 Å². The van der Waals surface area contributed by atoms with E-state index in [2.05, 4.69) is 4.98 Å². The second kappa shape index (κ2) is 5.37. The number of aliphatic carboxylic acids is 1. The zero-order valence-electron chi connectivity index (χ0n) is 8.17. The first-order valence-corrected chi connectivity index (χ1v) is 5.31. The molecule has 0 spiro atoms. The number of hydrogen-bond donors (Lipinski definition) is 1. The number of carboxylic acids is 1. The summed E-state index contributed by atoms with van der Waals surface area (Å²) in [6, 6.07) is 5.25. The van der Waals surface area contributed by atoms with Crippen molar-refractivity contribution in [2.75, 3.05) is 0 Å². The maximum absolute atomic E-state index is 10.8. The Bertz CT molecular complexity index is 383. The summed E-state index contributed by atoms with van der Waals surface area (Å²) in [4.78, 5) is 14.8. The van der Waals surface area contributed by atoms with Gasteiger partial charge in [-0.3, -0.25) is 4.79 Å². The van der Waals surface area contributed by atoms with Gasteiger partial charge in [0.05, 0.1) is 10.6 Å². The van der Waals surface area contributed by atoms with Gasteiger partial charge in [0.25, 0.3) is 0 Å². The molecule has 0 aliphatic rings. The molecule has 1 heterocycles. The van der Waals surface area contributed by atoms with Gasteiger partial charge in [-0.1, -0.05) is 18.7 Å². The van der Waals surface area contributed by atoms with Gasteiger partial charge in [-0.15, -0.1) is 0 Å². The molecule has 0 fully saturated rings. The molecular weight excluding hydrogens is 212 g/mol. The topological polar surface area (TPSA) is 74.0 Å². The summed E-state index contributed by atoms with van der Waals surface area (Å²) in [7, 11) is 0. The lowest BCUT2D eigenvalue weighted by molar-refractivity contribution is -0.136. The number of carboxylic acid groups (broad SMARTS) is 1. The quantitative estimate of drug-likeness (QED) is 0.787. The molecule has 0 saturated heterocycles. The molecule has 78 valence electrons. The van der Waals surface area contributed by atoms with Gasteiger partial charge in [0.15, 0.2) is 0 Å². The molecule has 4 nitrogen and oxygen atoms in total. The predicted octanol–water partition coefficient (Wildman–Crippen LogP) is 1.91. The summed E-state index contributed by atoms with van der Waals surface area (Å²) in [5.74, 6) is -0.839. The van der Waals surface area contributed by atoms with Crippen LogP contribution in [0.3, 0.4) is 0 Å². The minimum absolute atomic E-state index is 0.475. The summed E-state index contributed by atoms with van der Waals surface area (Å²) in [6.07, 6.45) is 1.98. The van der Waals surface area contributed by atoms with Crippen LogP contribution >= 0.6 is 11.8 Å². The fourth-order valence-electron chi connectivity index (χ4n) is 0.970. The number of aromatic nitrogens is 1. The van der Waals surface area contributed by atoms with Gasteiger partial charge < -0.3 is 5.11 Å². The van der Waals surface area contributed by atoms with Crippen LogP contribution in [0.25, 0.3) is 0 Å². The molecule has 5 heteroatoms. The number of nitriles is 1. The summed E-state index contributed by atoms with van der Waals surface area (Å²) in [5.41, 5.74) is 0.475. The molecule has 0 saturated carbocycles. The van der Waals surface area contributed by atoms with Crippen LogP contribution in [-0.2, 0) is 4.79 Å². The second-order valence-corrected chi connectivity index (χ2v) is 4.07. The van der Waals surface area contributed by atoms with E-state index >= 15 is 0 Å². The van der Waals surface area contributed by atoms with Crippen LogP contribution < -0.4 is 0 Å². The lowest BCUT2D eigenvalue weighted by Gasteiger charge is -2.07. The van der Waals surface area contributed by atoms with E-state index in [0.29, 0.717) is 17.0 Å². The molecular formula is C10H10N2O2S. The molecule has 1 N–H and O–H groups in total. The van der Waals surface area contributed by atoms with Crippen LogP contribution in [0.5, 0.6) is 0 Å². The Hall–Kier alpha value is -1.54. The Morgan fingerprint density at radius 1 is 1.73 bits per heavy atom. The van der Waals surface area contributed by atoms with Crippen molar-refractivity contribution in [3.63, 3.8) is 0 Å². The highest BCUT2D eigenvalue weighted by Crippen LogP contribution is 2.23. The average molecular weight is 222 g/mol. The van der Waals surface area contributed by atoms with E-state index in [9.17, 15) is 4.79 Å². The summed E-state index contributed by atoms with van der Waals surface area (Å²) in [6.45, 7) is 1.81. The van der Waals surface area contributed by atoms with Gasteiger partial charge in [0.1, 0.15) is 11.3 Å². The molecule has 1 atom stereocenters. The van der Waals surface area contributed by atoms with Gasteiger partial charge >= 0.3 is 5.97 Å². The number of hydrogen-bond acceptors (Lipinski definition) is 4. The largest absolute Gasteiger partial charge is 0.480 e. The molecule has 1 unspecified atom stereocenters. The Balaban J connectivity index is 2.72. The number of thioether (sulfide) groups is 1. The van der Waals surface area contributed by atoms with Crippen molar-refractivity contribution in [3.8, 4) is 6.07 Å². The van der Waals surface area contributed by atoms with Crippen molar-refractivity contribution < 1.29 is 9.90 Å². The first kappa shape index (κ1) is 11.5. The maximum Gasteiger partial charge on any atom is 0.317 e. The fraction of sp³-hybridized carbons (Fsp3) is 0.300. The lowest BCUT2D eigenvalue weighted by atomic mass is 10.3. The van der Waals surface area contributed by atoms with Crippen LogP contribution in [0, 0.1) is 11.3 Å². The molecule has 0 amide bonds. The molecule has 0 aromatic carbocycles. The Morgan fingerprint density at radius 3 is 2.87 bits per heavy atom. The molecule has 1 rings (SSSR count). The first-order valence-electron chi connectivity index (χ1n) is 4.43. The number of nitrogens with zero attached hydrogens (tertiary/aromatic N) is 2. The maximum atomic E-state index is 10.8. The molecule has 15 heavy (non-hydrogen) atoms. The van der Waals surface area contributed by atoms with Crippen molar-refractivity contribution in [1.82, 2.24) is 4.98 Å². The monoisotopic (exact) mass is 222 g/mol. The van der Waals surface area contributed by atoms with Gasteiger partial charge in [-0.25, -0.2) is 4.98 Å². The van der Waals surface area contributed by atoms with E-state index in [1.807, 2.05) is 13.0 Å². The van der Waals surface area contributed by atoms with Gasteiger partial charge in [0.2, 0.25) is 0 Å². The molecule has 1 aromatic rings. The van der Waals surface area contributed by atoms with E-state index in [1.54, 1.807) is 12.1 Å². The third kappa shape index (κ3) is 3.26. The molecule has 1 aromatic heterocycles. The van der Waals surface area contributed by atoms with E-state index in [1.165, 1.54) is 18.0 Å². The van der Waals surface area contributed by atoms with E-state index < -0.39 is 11.2 Å².